The predicted molar refractivity (Wildman–Crippen MR) is 98.8 cm³/mol. The fraction of sp³-hybridized carbons (Fsp3) is 0.619. The van der Waals surface area contributed by atoms with Gasteiger partial charge in [-0.2, -0.15) is 0 Å². The average molecular weight is 356 g/mol. The molecule has 140 valence electrons. The molecule has 1 aromatic rings. The molecule has 1 aliphatic carbocycles. The van der Waals surface area contributed by atoms with Crippen LogP contribution in [-0.4, -0.2) is 53.9 Å². The van der Waals surface area contributed by atoms with Crippen molar-refractivity contribution >= 4 is 11.9 Å². The maximum atomic E-state index is 13.1. The number of hydrogen-bond acceptors (Lipinski definition) is 4. The number of likely N-dealkylation sites (N-methyl/N-ethyl adjacent to an activating group) is 1. The minimum atomic E-state index is -0.503. The average Bonchev–Trinajstić information content (AvgIpc) is 2.94. The maximum Gasteiger partial charge on any atom is 0.339 e. The smallest absolute Gasteiger partial charge is 0.339 e. The molecule has 4 rings (SSSR count). The van der Waals surface area contributed by atoms with E-state index in [1.807, 2.05) is 24.3 Å². The molecule has 2 aliphatic heterocycles. The first-order valence-corrected chi connectivity index (χ1v) is 9.90. The van der Waals surface area contributed by atoms with Crippen molar-refractivity contribution in [2.45, 2.75) is 51.2 Å². The van der Waals surface area contributed by atoms with E-state index in [4.69, 9.17) is 4.74 Å². The predicted octanol–water partition coefficient (Wildman–Crippen LogP) is 2.80. The lowest BCUT2D eigenvalue weighted by Gasteiger charge is -2.43. The molecule has 0 N–H and O–H groups in total. The van der Waals surface area contributed by atoms with E-state index in [1.54, 1.807) is 0 Å². The second-order valence-corrected chi connectivity index (χ2v) is 7.98. The molecule has 1 atom stereocenters. The molecule has 1 aromatic carbocycles. The number of benzene rings is 1. The molecule has 5 heteroatoms. The Labute approximate surface area is 155 Å². The molecule has 1 saturated heterocycles. The SMILES string of the molecule is CCN1CCN(C(=O)[C@H]2CC[C@@]3(CC2)OC(=O)c2ccccc23)[C@@H](C)C1. The lowest BCUT2D eigenvalue weighted by molar-refractivity contribution is -0.143. The van der Waals surface area contributed by atoms with Gasteiger partial charge in [0.15, 0.2) is 0 Å². The summed E-state index contributed by atoms with van der Waals surface area (Å²) in [6.07, 6.45) is 3.08. The van der Waals surface area contributed by atoms with Gasteiger partial charge in [0.25, 0.3) is 0 Å². The van der Waals surface area contributed by atoms with Crippen molar-refractivity contribution in [1.29, 1.82) is 0 Å². The highest BCUT2D eigenvalue weighted by molar-refractivity contribution is 5.94. The zero-order valence-corrected chi connectivity index (χ0v) is 15.7. The molecule has 0 unspecified atom stereocenters. The van der Waals surface area contributed by atoms with Crippen LogP contribution in [0.2, 0.25) is 0 Å². The van der Waals surface area contributed by atoms with E-state index < -0.39 is 5.60 Å². The molecule has 1 saturated carbocycles. The maximum absolute atomic E-state index is 13.1. The number of amides is 1. The van der Waals surface area contributed by atoms with Crippen molar-refractivity contribution in [3.8, 4) is 0 Å². The van der Waals surface area contributed by atoms with Crippen LogP contribution in [0.25, 0.3) is 0 Å². The van der Waals surface area contributed by atoms with Crippen molar-refractivity contribution in [1.82, 2.24) is 9.80 Å². The van der Waals surface area contributed by atoms with E-state index >= 15 is 0 Å². The fourth-order valence-corrected chi connectivity index (χ4v) is 4.93. The van der Waals surface area contributed by atoms with Gasteiger partial charge in [-0.3, -0.25) is 9.69 Å². The van der Waals surface area contributed by atoms with Gasteiger partial charge < -0.3 is 9.64 Å². The van der Waals surface area contributed by atoms with E-state index in [2.05, 4.69) is 23.6 Å². The van der Waals surface area contributed by atoms with Gasteiger partial charge in [-0.15, -0.1) is 0 Å². The molecule has 2 heterocycles. The topological polar surface area (TPSA) is 49.9 Å². The van der Waals surface area contributed by atoms with Gasteiger partial charge in [0.2, 0.25) is 5.91 Å². The lowest BCUT2D eigenvalue weighted by atomic mass is 9.74. The summed E-state index contributed by atoms with van der Waals surface area (Å²) in [5.41, 5.74) is 1.21. The first-order chi connectivity index (χ1) is 12.5. The summed E-state index contributed by atoms with van der Waals surface area (Å²) in [4.78, 5) is 29.7. The number of nitrogens with zero attached hydrogens (tertiary/aromatic N) is 2. The summed E-state index contributed by atoms with van der Waals surface area (Å²) in [6, 6.07) is 7.98. The van der Waals surface area contributed by atoms with Gasteiger partial charge in [0.05, 0.1) is 5.56 Å². The molecule has 2 fully saturated rings. The van der Waals surface area contributed by atoms with Crippen LogP contribution in [0.4, 0.5) is 0 Å². The van der Waals surface area contributed by atoms with Crippen LogP contribution in [0.15, 0.2) is 24.3 Å². The number of ether oxygens (including phenoxy) is 1. The molecule has 1 amide bonds. The summed E-state index contributed by atoms with van der Waals surface area (Å²) in [6.45, 7) is 8.12. The Morgan fingerprint density at radius 3 is 2.65 bits per heavy atom. The molecule has 0 bridgehead atoms. The summed E-state index contributed by atoms with van der Waals surface area (Å²) in [5.74, 6) is 0.137. The van der Waals surface area contributed by atoms with E-state index in [0.29, 0.717) is 11.5 Å². The highest BCUT2D eigenvalue weighted by atomic mass is 16.6. The number of piperazine rings is 1. The lowest BCUT2D eigenvalue weighted by Crippen LogP contribution is -2.55. The number of carbonyl (C=O) groups excluding carboxylic acids is 2. The summed E-state index contributed by atoms with van der Waals surface area (Å²) >= 11 is 0. The van der Waals surface area contributed by atoms with Gasteiger partial charge in [0, 0.05) is 37.2 Å². The minimum absolute atomic E-state index is 0.0581. The Morgan fingerprint density at radius 2 is 1.96 bits per heavy atom. The van der Waals surface area contributed by atoms with Crippen molar-refractivity contribution in [2.75, 3.05) is 26.2 Å². The van der Waals surface area contributed by atoms with Crippen LogP contribution in [0.1, 0.15) is 55.5 Å². The van der Waals surface area contributed by atoms with Gasteiger partial charge in [-0.05, 0) is 45.2 Å². The molecule has 0 radical (unpaired) electrons. The van der Waals surface area contributed by atoms with Crippen LogP contribution < -0.4 is 0 Å². The van der Waals surface area contributed by atoms with E-state index in [1.165, 1.54) is 0 Å². The van der Waals surface area contributed by atoms with Crippen LogP contribution in [0.3, 0.4) is 0 Å². The quantitative estimate of drug-likeness (QED) is 0.765. The van der Waals surface area contributed by atoms with Crippen LogP contribution in [0.5, 0.6) is 0 Å². The number of carbonyl (C=O) groups is 2. The third-order valence-electron chi connectivity index (χ3n) is 6.51. The largest absolute Gasteiger partial charge is 0.451 e. The fourth-order valence-electron chi connectivity index (χ4n) is 4.93. The molecule has 5 nitrogen and oxygen atoms in total. The minimum Gasteiger partial charge on any atom is -0.451 e. The van der Waals surface area contributed by atoms with Gasteiger partial charge in [-0.1, -0.05) is 25.1 Å². The first-order valence-electron chi connectivity index (χ1n) is 9.90. The summed E-state index contributed by atoms with van der Waals surface area (Å²) in [7, 11) is 0. The monoisotopic (exact) mass is 356 g/mol. The molecule has 0 aromatic heterocycles. The highest BCUT2D eigenvalue weighted by Gasteiger charge is 2.48. The van der Waals surface area contributed by atoms with Crippen LogP contribution in [-0.2, 0) is 15.1 Å². The molecular formula is C21H28N2O3. The van der Waals surface area contributed by atoms with E-state index in [0.717, 1.165) is 57.4 Å². The highest BCUT2D eigenvalue weighted by Crippen LogP contribution is 2.48. The van der Waals surface area contributed by atoms with Crippen LogP contribution in [0, 0.1) is 5.92 Å². The van der Waals surface area contributed by atoms with Gasteiger partial charge >= 0.3 is 5.97 Å². The number of fused-ring (bicyclic) bond motifs is 2. The second kappa shape index (κ2) is 6.69. The Kier molecular flexibility index (Phi) is 4.51. The molecule has 3 aliphatic rings. The Morgan fingerprint density at radius 1 is 1.23 bits per heavy atom. The summed E-state index contributed by atoms with van der Waals surface area (Å²) in [5, 5.41) is 0. The molecular weight excluding hydrogens is 328 g/mol. The Balaban J connectivity index is 1.43. The van der Waals surface area contributed by atoms with Crippen molar-refractivity contribution < 1.29 is 14.3 Å². The molecule has 1 spiro atoms. The zero-order chi connectivity index (χ0) is 18.3. The standard InChI is InChI=1S/C21H28N2O3/c1-3-22-12-13-23(15(2)14-22)19(24)16-8-10-21(11-9-16)18-7-5-4-6-17(18)20(25)26-21/h4-7,15-16H,3,8-14H2,1-2H3/t15-,16-,21-/m0/s1. The Bertz CT molecular complexity index is 709. The van der Waals surface area contributed by atoms with Gasteiger partial charge in [-0.25, -0.2) is 4.79 Å². The van der Waals surface area contributed by atoms with E-state index in [9.17, 15) is 9.59 Å². The number of esters is 1. The van der Waals surface area contributed by atoms with E-state index in [-0.39, 0.29) is 17.9 Å². The number of rotatable bonds is 2. The zero-order valence-electron chi connectivity index (χ0n) is 15.7. The number of hydrogen-bond donors (Lipinski definition) is 0. The van der Waals surface area contributed by atoms with Gasteiger partial charge in [0.1, 0.15) is 5.60 Å². The van der Waals surface area contributed by atoms with Crippen molar-refractivity contribution in [3.05, 3.63) is 35.4 Å². The van der Waals surface area contributed by atoms with Crippen molar-refractivity contribution in [3.63, 3.8) is 0 Å². The second-order valence-electron chi connectivity index (χ2n) is 7.98. The first kappa shape index (κ1) is 17.5. The van der Waals surface area contributed by atoms with Crippen LogP contribution >= 0.6 is 0 Å². The Hall–Kier alpha value is -1.88. The van der Waals surface area contributed by atoms with Crippen molar-refractivity contribution in [2.24, 2.45) is 5.92 Å². The summed E-state index contributed by atoms with van der Waals surface area (Å²) < 4.78 is 5.81. The normalized spacial score (nSPS) is 31.8. The third kappa shape index (κ3) is 2.82. The molecule has 26 heavy (non-hydrogen) atoms. The third-order valence-corrected chi connectivity index (χ3v) is 6.51.